The lowest BCUT2D eigenvalue weighted by Crippen LogP contribution is -2.01. The van der Waals surface area contributed by atoms with Gasteiger partial charge in [-0.25, -0.2) is 0 Å². The van der Waals surface area contributed by atoms with Crippen molar-refractivity contribution < 1.29 is 0 Å². The van der Waals surface area contributed by atoms with Crippen LogP contribution < -0.4 is 0 Å². The standard InChI is InChI=1S/C12H14BrN3/c1-2-3-11(12-8-14-16-15-12)9-4-6-10(13)7-5-9/h4-8,11H,2-3H2,1H3,(H,14,15,16). The van der Waals surface area contributed by atoms with Crippen LogP contribution in [0.2, 0.25) is 0 Å². The maximum Gasteiger partial charge on any atom is 0.0899 e. The van der Waals surface area contributed by atoms with Gasteiger partial charge >= 0.3 is 0 Å². The predicted molar refractivity (Wildman–Crippen MR) is 67.3 cm³/mol. The van der Waals surface area contributed by atoms with Gasteiger partial charge in [-0.2, -0.15) is 0 Å². The fourth-order valence-corrected chi connectivity index (χ4v) is 2.11. The second kappa shape index (κ2) is 5.25. The summed E-state index contributed by atoms with van der Waals surface area (Å²) < 4.78 is 1.10. The summed E-state index contributed by atoms with van der Waals surface area (Å²) in [5.41, 5.74) is 2.31. The topological polar surface area (TPSA) is 41.6 Å². The van der Waals surface area contributed by atoms with Crippen LogP contribution in [0.1, 0.15) is 36.9 Å². The molecule has 1 unspecified atom stereocenters. The molecule has 2 rings (SSSR count). The van der Waals surface area contributed by atoms with Crippen LogP contribution in [-0.2, 0) is 0 Å². The summed E-state index contributed by atoms with van der Waals surface area (Å²) >= 11 is 3.45. The average Bonchev–Trinajstić information content (AvgIpc) is 2.81. The van der Waals surface area contributed by atoms with Crippen LogP contribution in [-0.4, -0.2) is 15.4 Å². The van der Waals surface area contributed by atoms with Crippen LogP contribution in [0.5, 0.6) is 0 Å². The summed E-state index contributed by atoms with van der Waals surface area (Å²) in [6.07, 6.45) is 4.10. The lowest BCUT2D eigenvalue weighted by Gasteiger charge is -2.13. The molecule has 16 heavy (non-hydrogen) atoms. The lowest BCUT2D eigenvalue weighted by molar-refractivity contribution is 0.677. The number of rotatable bonds is 4. The maximum atomic E-state index is 4.12. The Kier molecular flexibility index (Phi) is 3.72. The molecule has 0 spiro atoms. The van der Waals surface area contributed by atoms with Gasteiger partial charge in [-0.05, 0) is 24.1 Å². The first-order chi connectivity index (χ1) is 7.81. The molecule has 0 radical (unpaired) electrons. The number of nitrogens with one attached hydrogen (secondary N) is 1. The molecular formula is C12H14BrN3. The van der Waals surface area contributed by atoms with E-state index in [9.17, 15) is 0 Å². The lowest BCUT2D eigenvalue weighted by atomic mass is 9.92. The molecular weight excluding hydrogens is 266 g/mol. The van der Waals surface area contributed by atoms with Gasteiger partial charge in [0.25, 0.3) is 0 Å². The fourth-order valence-electron chi connectivity index (χ4n) is 1.85. The highest BCUT2D eigenvalue weighted by Crippen LogP contribution is 2.28. The van der Waals surface area contributed by atoms with E-state index in [1.54, 1.807) is 0 Å². The largest absolute Gasteiger partial charge is 0.265 e. The first kappa shape index (κ1) is 11.3. The van der Waals surface area contributed by atoms with Crippen LogP contribution in [0.15, 0.2) is 34.9 Å². The van der Waals surface area contributed by atoms with E-state index in [1.165, 1.54) is 5.56 Å². The molecule has 3 nitrogen and oxygen atoms in total. The van der Waals surface area contributed by atoms with Gasteiger partial charge in [0, 0.05) is 16.6 Å². The Hall–Kier alpha value is -1.16. The summed E-state index contributed by atoms with van der Waals surface area (Å²) in [5.74, 6) is 0.344. The molecule has 0 aliphatic carbocycles. The second-order valence-electron chi connectivity index (χ2n) is 3.79. The van der Waals surface area contributed by atoms with Gasteiger partial charge < -0.3 is 0 Å². The molecule has 1 aromatic carbocycles. The van der Waals surface area contributed by atoms with Crippen molar-refractivity contribution in [1.82, 2.24) is 15.4 Å². The van der Waals surface area contributed by atoms with Crippen molar-refractivity contribution in [2.45, 2.75) is 25.7 Å². The number of H-pyrrole nitrogens is 1. The minimum Gasteiger partial charge on any atom is -0.265 e. The van der Waals surface area contributed by atoms with Crippen molar-refractivity contribution in [3.63, 3.8) is 0 Å². The molecule has 0 fully saturated rings. The van der Waals surface area contributed by atoms with E-state index >= 15 is 0 Å². The van der Waals surface area contributed by atoms with E-state index in [0.29, 0.717) is 5.92 Å². The van der Waals surface area contributed by atoms with Gasteiger partial charge in [-0.15, -0.1) is 5.10 Å². The van der Waals surface area contributed by atoms with E-state index in [4.69, 9.17) is 0 Å². The Morgan fingerprint density at radius 2 is 2.06 bits per heavy atom. The smallest absolute Gasteiger partial charge is 0.0899 e. The van der Waals surface area contributed by atoms with Crippen LogP contribution >= 0.6 is 15.9 Å². The van der Waals surface area contributed by atoms with E-state index in [-0.39, 0.29) is 0 Å². The number of nitrogens with zero attached hydrogens (tertiary/aromatic N) is 2. The number of halogens is 1. The summed E-state index contributed by atoms with van der Waals surface area (Å²) in [4.78, 5) is 0. The molecule has 84 valence electrons. The Morgan fingerprint density at radius 1 is 1.31 bits per heavy atom. The van der Waals surface area contributed by atoms with Gasteiger partial charge in [-0.3, -0.25) is 5.10 Å². The number of benzene rings is 1. The van der Waals surface area contributed by atoms with E-state index in [0.717, 1.165) is 23.0 Å². The minimum absolute atomic E-state index is 0.344. The fraction of sp³-hybridized carbons (Fsp3) is 0.333. The Morgan fingerprint density at radius 3 is 2.62 bits per heavy atom. The molecule has 4 heteroatoms. The summed E-state index contributed by atoms with van der Waals surface area (Å²) in [5, 5.41) is 10.7. The van der Waals surface area contributed by atoms with Gasteiger partial charge in [-0.1, -0.05) is 46.6 Å². The average molecular weight is 280 g/mol. The Bertz CT molecular complexity index is 422. The van der Waals surface area contributed by atoms with E-state index in [2.05, 4.69) is 62.5 Å². The first-order valence-electron chi connectivity index (χ1n) is 5.43. The van der Waals surface area contributed by atoms with Crippen molar-refractivity contribution in [1.29, 1.82) is 0 Å². The Labute approximate surface area is 103 Å². The summed E-state index contributed by atoms with van der Waals surface area (Å²) in [6.45, 7) is 2.19. The third-order valence-corrected chi connectivity index (χ3v) is 3.17. The zero-order valence-electron chi connectivity index (χ0n) is 9.15. The van der Waals surface area contributed by atoms with Crippen molar-refractivity contribution in [3.8, 4) is 0 Å². The maximum absolute atomic E-state index is 4.12. The number of aromatic amines is 1. The molecule has 1 aromatic heterocycles. The molecule has 1 N–H and O–H groups in total. The second-order valence-corrected chi connectivity index (χ2v) is 4.71. The zero-order valence-corrected chi connectivity index (χ0v) is 10.7. The van der Waals surface area contributed by atoms with E-state index < -0.39 is 0 Å². The van der Waals surface area contributed by atoms with Gasteiger partial charge in [0.2, 0.25) is 0 Å². The van der Waals surface area contributed by atoms with Crippen LogP contribution in [0.4, 0.5) is 0 Å². The zero-order chi connectivity index (χ0) is 11.4. The quantitative estimate of drug-likeness (QED) is 0.931. The van der Waals surface area contributed by atoms with Crippen molar-refractivity contribution in [3.05, 3.63) is 46.2 Å². The highest BCUT2D eigenvalue weighted by molar-refractivity contribution is 9.10. The van der Waals surface area contributed by atoms with Crippen molar-refractivity contribution >= 4 is 15.9 Å². The third-order valence-electron chi connectivity index (χ3n) is 2.64. The van der Waals surface area contributed by atoms with Crippen LogP contribution in [0, 0.1) is 0 Å². The number of hydrogen-bond donors (Lipinski definition) is 1. The number of aromatic nitrogens is 3. The summed E-state index contributed by atoms with van der Waals surface area (Å²) in [7, 11) is 0. The molecule has 1 heterocycles. The molecule has 0 amide bonds. The van der Waals surface area contributed by atoms with Gasteiger partial charge in [0.15, 0.2) is 0 Å². The molecule has 2 aromatic rings. The normalized spacial score (nSPS) is 12.6. The molecule has 0 bridgehead atoms. The Balaban J connectivity index is 2.29. The van der Waals surface area contributed by atoms with Gasteiger partial charge in [0.05, 0.1) is 5.69 Å². The van der Waals surface area contributed by atoms with E-state index in [1.807, 2.05) is 6.20 Å². The molecule has 0 saturated heterocycles. The SMILES string of the molecule is CCCC(c1ccc(Br)cc1)c1c[nH]nn1. The monoisotopic (exact) mass is 279 g/mol. The molecule has 0 aliphatic heterocycles. The molecule has 0 aliphatic rings. The molecule has 1 atom stereocenters. The van der Waals surface area contributed by atoms with Crippen molar-refractivity contribution in [2.75, 3.05) is 0 Å². The highest BCUT2D eigenvalue weighted by Gasteiger charge is 2.15. The number of hydrogen-bond acceptors (Lipinski definition) is 2. The highest BCUT2D eigenvalue weighted by atomic mass is 79.9. The van der Waals surface area contributed by atoms with Crippen LogP contribution in [0.3, 0.4) is 0 Å². The first-order valence-corrected chi connectivity index (χ1v) is 6.22. The summed E-state index contributed by atoms with van der Waals surface area (Å²) in [6, 6.07) is 8.41. The third kappa shape index (κ3) is 2.50. The minimum atomic E-state index is 0.344. The van der Waals surface area contributed by atoms with Gasteiger partial charge in [0.1, 0.15) is 0 Å². The predicted octanol–water partition coefficient (Wildman–Crippen LogP) is 3.50. The van der Waals surface area contributed by atoms with Crippen LogP contribution in [0.25, 0.3) is 0 Å². The van der Waals surface area contributed by atoms with Crippen molar-refractivity contribution in [2.24, 2.45) is 0 Å². The molecule has 0 saturated carbocycles.